The van der Waals surface area contributed by atoms with Crippen molar-refractivity contribution in [3.05, 3.63) is 59.7 Å². The number of nitrogens with zero attached hydrogens (tertiary/aromatic N) is 1. The molecule has 0 spiro atoms. The first-order chi connectivity index (χ1) is 13.9. The van der Waals surface area contributed by atoms with Crippen LogP contribution in [0, 0.1) is 19.8 Å². The Morgan fingerprint density at radius 2 is 1.76 bits per heavy atom. The molecular weight excluding hydrogens is 388 g/mol. The second kappa shape index (κ2) is 9.41. The molecule has 1 saturated heterocycles. The van der Waals surface area contributed by atoms with Gasteiger partial charge in [0.1, 0.15) is 12.4 Å². The highest BCUT2D eigenvalue weighted by Crippen LogP contribution is 2.24. The Balaban J connectivity index is 1.44. The molecule has 1 N–H and O–H groups in total. The van der Waals surface area contributed by atoms with E-state index in [0.717, 1.165) is 16.9 Å². The van der Waals surface area contributed by atoms with Crippen LogP contribution in [0.1, 0.15) is 24.0 Å². The van der Waals surface area contributed by atoms with E-state index < -0.39 is 10.0 Å². The molecule has 2 aromatic carbocycles. The Kier molecular flexibility index (Phi) is 6.92. The highest BCUT2D eigenvalue weighted by Gasteiger charge is 2.31. The van der Waals surface area contributed by atoms with Crippen LogP contribution in [0.5, 0.6) is 5.75 Å². The van der Waals surface area contributed by atoms with Crippen LogP contribution in [-0.2, 0) is 14.8 Å². The first kappa shape index (κ1) is 21.3. The number of piperidine rings is 1. The Labute approximate surface area is 172 Å². The van der Waals surface area contributed by atoms with Crippen molar-refractivity contribution >= 4 is 15.9 Å². The maximum Gasteiger partial charge on any atom is 0.243 e. The van der Waals surface area contributed by atoms with Crippen molar-refractivity contribution in [3.63, 3.8) is 0 Å². The van der Waals surface area contributed by atoms with Crippen LogP contribution in [0.15, 0.2) is 53.4 Å². The van der Waals surface area contributed by atoms with Gasteiger partial charge in [0.15, 0.2) is 0 Å². The molecule has 3 rings (SSSR count). The SMILES string of the molecule is Cc1ccc(S(=O)(=O)N2CCC(C(=O)NCCOc3cccc(C)c3)CC2)cc1. The number of aryl methyl sites for hydroxylation is 2. The van der Waals surface area contributed by atoms with Crippen LogP contribution in [0.3, 0.4) is 0 Å². The summed E-state index contributed by atoms with van der Waals surface area (Å²) in [5, 5.41) is 2.90. The average molecular weight is 417 g/mol. The van der Waals surface area contributed by atoms with Gasteiger partial charge in [0.25, 0.3) is 0 Å². The summed E-state index contributed by atoms with van der Waals surface area (Å²) in [7, 11) is -3.50. The molecule has 7 heteroatoms. The second-order valence-corrected chi connectivity index (χ2v) is 9.39. The normalized spacial score (nSPS) is 15.8. The number of sulfonamides is 1. The van der Waals surface area contributed by atoms with E-state index in [4.69, 9.17) is 4.74 Å². The van der Waals surface area contributed by atoms with Gasteiger partial charge in [-0.2, -0.15) is 4.31 Å². The van der Waals surface area contributed by atoms with Gasteiger partial charge < -0.3 is 10.1 Å². The van der Waals surface area contributed by atoms with E-state index >= 15 is 0 Å². The van der Waals surface area contributed by atoms with E-state index in [9.17, 15) is 13.2 Å². The van der Waals surface area contributed by atoms with Gasteiger partial charge in [-0.1, -0.05) is 29.8 Å². The molecular formula is C22H28N2O4S. The zero-order valence-electron chi connectivity index (χ0n) is 16.9. The average Bonchev–Trinajstić information content (AvgIpc) is 2.71. The molecule has 0 unspecified atom stereocenters. The third-order valence-electron chi connectivity index (χ3n) is 5.14. The van der Waals surface area contributed by atoms with Gasteiger partial charge in [-0.25, -0.2) is 8.42 Å². The van der Waals surface area contributed by atoms with Crippen molar-refractivity contribution in [2.45, 2.75) is 31.6 Å². The van der Waals surface area contributed by atoms with E-state index in [1.165, 1.54) is 4.31 Å². The number of carbonyl (C=O) groups is 1. The van der Waals surface area contributed by atoms with Gasteiger partial charge in [-0.05, 0) is 56.5 Å². The van der Waals surface area contributed by atoms with Crippen molar-refractivity contribution in [1.29, 1.82) is 0 Å². The van der Waals surface area contributed by atoms with Gasteiger partial charge >= 0.3 is 0 Å². The van der Waals surface area contributed by atoms with Gasteiger partial charge in [-0.15, -0.1) is 0 Å². The highest BCUT2D eigenvalue weighted by atomic mass is 32.2. The molecule has 0 radical (unpaired) electrons. The molecule has 0 bridgehead atoms. The number of rotatable bonds is 7. The number of hydrogen-bond acceptors (Lipinski definition) is 4. The molecule has 1 fully saturated rings. The molecule has 0 atom stereocenters. The number of benzene rings is 2. The van der Waals surface area contributed by atoms with Crippen LogP contribution in [-0.4, -0.2) is 44.9 Å². The van der Waals surface area contributed by atoms with Crippen LogP contribution < -0.4 is 10.1 Å². The molecule has 6 nitrogen and oxygen atoms in total. The lowest BCUT2D eigenvalue weighted by molar-refractivity contribution is -0.126. The first-order valence-electron chi connectivity index (χ1n) is 9.90. The summed E-state index contributed by atoms with van der Waals surface area (Å²) in [6.45, 7) is 5.46. The summed E-state index contributed by atoms with van der Waals surface area (Å²) >= 11 is 0. The van der Waals surface area contributed by atoms with E-state index in [0.29, 0.717) is 44.0 Å². The highest BCUT2D eigenvalue weighted by molar-refractivity contribution is 7.89. The minimum Gasteiger partial charge on any atom is -0.492 e. The van der Waals surface area contributed by atoms with Crippen molar-refractivity contribution in [2.24, 2.45) is 5.92 Å². The second-order valence-electron chi connectivity index (χ2n) is 7.45. The fourth-order valence-electron chi connectivity index (χ4n) is 3.41. The van der Waals surface area contributed by atoms with Crippen molar-refractivity contribution in [1.82, 2.24) is 9.62 Å². The van der Waals surface area contributed by atoms with Crippen LogP contribution in [0.4, 0.5) is 0 Å². The predicted octanol–water partition coefficient (Wildman–Crippen LogP) is 2.90. The molecule has 0 saturated carbocycles. The summed E-state index contributed by atoms with van der Waals surface area (Å²) in [6, 6.07) is 14.6. The summed E-state index contributed by atoms with van der Waals surface area (Å²) in [4.78, 5) is 12.7. The molecule has 2 aromatic rings. The summed E-state index contributed by atoms with van der Waals surface area (Å²) < 4.78 is 32.6. The summed E-state index contributed by atoms with van der Waals surface area (Å²) in [5.41, 5.74) is 2.14. The lowest BCUT2D eigenvalue weighted by Gasteiger charge is -2.30. The van der Waals surface area contributed by atoms with E-state index in [-0.39, 0.29) is 11.8 Å². The smallest absolute Gasteiger partial charge is 0.243 e. The minimum atomic E-state index is -3.50. The topological polar surface area (TPSA) is 75.7 Å². The maximum atomic E-state index is 12.8. The van der Waals surface area contributed by atoms with Crippen LogP contribution >= 0.6 is 0 Å². The molecule has 0 aromatic heterocycles. The van der Waals surface area contributed by atoms with Crippen LogP contribution in [0.2, 0.25) is 0 Å². The Morgan fingerprint density at radius 3 is 2.41 bits per heavy atom. The standard InChI is InChI=1S/C22H28N2O4S/c1-17-6-8-21(9-7-17)29(26,27)24-13-10-19(11-14-24)22(25)23-12-15-28-20-5-3-4-18(2)16-20/h3-9,16,19H,10-15H2,1-2H3,(H,23,25). The molecule has 156 valence electrons. The number of ether oxygens (including phenoxy) is 1. The number of nitrogens with one attached hydrogen (secondary N) is 1. The monoisotopic (exact) mass is 416 g/mol. The third-order valence-corrected chi connectivity index (χ3v) is 7.06. The minimum absolute atomic E-state index is 0.0368. The van der Waals surface area contributed by atoms with E-state index in [2.05, 4.69) is 5.32 Å². The molecule has 0 aliphatic carbocycles. The number of carbonyl (C=O) groups excluding carboxylic acids is 1. The first-order valence-corrected chi connectivity index (χ1v) is 11.3. The van der Waals surface area contributed by atoms with Gasteiger partial charge in [0.2, 0.25) is 15.9 Å². The summed E-state index contributed by atoms with van der Waals surface area (Å²) in [6.07, 6.45) is 1.05. The Bertz CT molecular complexity index is 934. The van der Waals surface area contributed by atoms with Crippen molar-refractivity contribution in [2.75, 3.05) is 26.2 Å². The maximum absolute atomic E-state index is 12.8. The molecule has 1 heterocycles. The number of amides is 1. The molecule has 1 aliphatic rings. The lowest BCUT2D eigenvalue weighted by atomic mass is 9.97. The Morgan fingerprint density at radius 1 is 1.07 bits per heavy atom. The van der Waals surface area contributed by atoms with Gasteiger partial charge in [0.05, 0.1) is 11.4 Å². The van der Waals surface area contributed by atoms with Gasteiger partial charge in [0, 0.05) is 19.0 Å². The fourth-order valence-corrected chi connectivity index (χ4v) is 4.88. The van der Waals surface area contributed by atoms with Crippen LogP contribution in [0.25, 0.3) is 0 Å². The van der Waals surface area contributed by atoms with Crippen molar-refractivity contribution < 1.29 is 17.9 Å². The van der Waals surface area contributed by atoms with E-state index in [1.807, 2.05) is 38.1 Å². The zero-order chi connectivity index (χ0) is 20.9. The largest absolute Gasteiger partial charge is 0.492 e. The fraction of sp³-hybridized carbons (Fsp3) is 0.409. The molecule has 29 heavy (non-hydrogen) atoms. The number of hydrogen-bond donors (Lipinski definition) is 1. The summed E-state index contributed by atoms with van der Waals surface area (Å²) in [5.74, 6) is 0.581. The third kappa shape index (κ3) is 5.58. The van der Waals surface area contributed by atoms with E-state index in [1.54, 1.807) is 24.3 Å². The molecule has 1 amide bonds. The quantitative estimate of drug-likeness (QED) is 0.704. The van der Waals surface area contributed by atoms with Gasteiger partial charge in [-0.3, -0.25) is 4.79 Å². The van der Waals surface area contributed by atoms with Crippen molar-refractivity contribution in [3.8, 4) is 5.75 Å². The lowest BCUT2D eigenvalue weighted by Crippen LogP contribution is -2.43. The Hall–Kier alpha value is -2.38. The predicted molar refractivity (Wildman–Crippen MR) is 112 cm³/mol. The zero-order valence-corrected chi connectivity index (χ0v) is 17.7. The molecule has 1 aliphatic heterocycles.